The molecule has 0 saturated heterocycles. The number of nitrogens with one attached hydrogen (secondary N) is 2. The number of pyridine rings is 2. The van der Waals surface area contributed by atoms with Crippen molar-refractivity contribution < 1.29 is 9.59 Å². The zero-order valence-corrected chi connectivity index (χ0v) is 15.7. The first-order chi connectivity index (χ1) is 13.6. The molecule has 4 fully saturated rings. The van der Waals surface area contributed by atoms with Gasteiger partial charge in [0.1, 0.15) is 0 Å². The Morgan fingerprint density at radius 2 is 1.14 bits per heavy atom. The fourth-order valence-corrected chi connectivity index (χ4v) is 6.19. The molecule has 4 bridgehead atoms. The van der Waals surface area contributed by atoms with Crippen molar-refractivity contribution in [2.45, 2.75) is 38.5 Å². The standard InChI is InChI=1S/C22H24N4O2/c27-19(25-17-1-5-23-6-2-17)21-10-15-9-16(11-21)13-22(12-15,14-21)20(28)26-18-3-7-24-8-4-18/h1-8,15-16H,9-14H2,(H,23,25,27)(H,24,26,28). The minimum absolute atomic E-state index is 0.0638. The van der Waals surface area contributed by atoms with Crippen LogP contribution in [0.1, 0.15) is 38.5 Å². The molecular formula is C22H24N4O2. The third-order valence-corrected chi connectivity index (χ3v) is 6.90. The van der Waals surface area contributed by atoms with E-state index < -0.39 is 10.8 Å². The van der Waals surface area contributed by atoms with E-state index in [0.29, 0.717) is 18.3 Å². The van der Waals surface area contributed by atoms with Gasteiger partial charge in [-0.25, -0.2) is 0 Å². The third-order valence-electron chi connectivity index (χ3n) is 6.90. The third kappa shape index (κ3) is 2.87. The van der Waals surface area contributed by atoms with Crippen LogP contribution >= 0.6 is 0 Å². The number of hydrogen-bond donors (Lipinski definition) is 2. The Hall–Kier alpha value is -2.76. The molecule has 0 atom stereocenters. The van der Waals surface area contributed by atoms with Crippen molar-refractivity contribution in [3.8, 4) is 0 Å². The Morgan fingerprint density at radius 3 is 1.54 bits per heavy atom. The van der Waals surface area contributed by atoms with E-state index in [-0.39, 0.29) is 11.8 Å². The predicted octanol–water partition coefficient (Wildman–Crippen LogP) is 3.64. The number of rotatable bonds is 4. The maximum Gasteiger partial charge on any atom is 0.230 e. The monoisotopic (exact) mass is 376 g/mol. The van der Waals surface area contributed by atoms with Gasteiger partial charge in [0.15, 0.2) is 0 Å². The lowest BCUT2D eigenvalue weighted by atomic mass is 9.43. The number of nitrogens with zero attached hydrogens (tertiary/aromatic N) is 2. The van der Waals surface area contributed by atoms with Gasteiger partial charge in [0, 0.05) is 36.2 Å². The number of anilines is 2. The summed E-state index contributed by atoms with van der Waals surface area (Å²) in [6, 6.07) is 7.24. The Kier molecular flexibility index (Phi) is 3.96. The second-order valence-corrected chi connectivity index (χ2v) is 8.90. The Balaban J connectivity index is 1.41. The average Bonchev–Trinajstić information content (AvgIpc) is 2.68. The summed E-state index contributed by atoms with van der Waals surface area (Å²) in [4.78, 5) is 34.7. The number of carbonyl (C=O) groups excluding carboxylic acids is 2. The summed E-state index contributed by atoms with van der Waals surface area (Å²) < 4.78 is 0. The van der Waals surface area contributed by atoms with Crippen LogP contribution in [-0.2, 0) is 9.59 Å². The molecule has 0 radical (unpaired) electrons. The molecule has 2 N–H and O–H groups in total. The molecule has 6 rings (SSSR count). The van der Waals surface area contributed by atoms with Gasteiger partial charge >= 0.3 is 0 Å². The van der Waals surface area contributed by atoms with Crippen LogP contribution in [0.5, 0.6) is 0 Å². The molecule has 0 aliphatic heterocycles. The van der Waals surface area contributed by atoms with Crippen LogP contribution in [0.25, 0.3) is 0 Å². The lowest BCUT2D eigenvalue weighted by molar-refractivity contribution is -0.161. The summed E-state index contributed by atoms with van der Waals surface area (Å²) in [6.45, 7) is 0. The topological polar surface area (TPSA) is 84.0 Å². The van der Waals surface area contributed by atoms with E-state index in [0.717, 1.165) is 43.5 Å². The van der Waals surface area contributed by atoms with Gasteiger partial charge in [-0.15, -0.1) is 0 Å². The first-order valence-electron chi connectivity index (χ1n) is 10.00. The fraction of sp³-hybridized carbons (Fsp3) is 0.455. The molecule has 2 heterocycles. The van der Waals surface area contributed by atoms with Gasteiger partial charge in [0.2, 0.25) is 11.8 Å². The van der Waals surface area contributed by atoms with Crippen molar-refractivity contribution in [2.75, 3.05) is 10.6 Å². The maximum absolute atomic E-state index is 13.3. The average molecular weight is 376 g/mol. The van der Waals surface area contributed by atoms with E-state index in [1.54, 1.807) is 24.8 Å². The van der Waals surface area contributed by atoms with Gasteiger partial charge in [-0.1, -0.05) is 0 Å². The van der Waals surface area contributed by atoms with Gasteiger partial charge < -0.3 is 10.6 Å². The number of aromatic nitrogens is 2. The second-order valence-electron chi connectivity index (χ2n) is 8.90. The zero-order valence-electron chi connectivity index (χ0n) is 15.7. The molecular weight excluding hydrogens is 352 g/mol. The van der Waals surface area contributed by atoms with Crippen LogP contribution in [0.3, 0.4) is 0 Å². The van der Waals surface area contributed by atoms with Crippen LogP contribution in [-0.4, -0.2) is 21.8 Å². The van der Waals surface area contributed by atoms with Gasteiger partial charge in [0.05, 0.1) is 10.8 Å². The van der Waals surface area contributed by atoms with Crippen molar-refractivity contribution >= 4 is 23.2 Å². The Labute approximate surface area is 164 Å². The molecule has 4 saturated carbocycles. The van der Waals surface area contributed by atoms with Crippen LogP contribution in [0.2, 0.25) is 0 Å². The lowest BCUT2D eigenvalue weighted by Crippen LogP contribution is -2.59. The van der Waals surface area contributed by atoms with Gasteiger partial charge in [-0.3, -0.25) is 19.6 Å². The van der Waals surface area contributed by atoms with E-state index in [2.05, 4.69) is 20.6 Å². The fourth-order valence-electron chi connectivity index (χ4n) is 6.19. The summed E-state index contributed by atoms with van der Waals surface area (Å²) in [6.07, 6.45) is 12.1. The molecule has 0 unspecified atom stereocenters. The highest BCUT2D eigenvalue weighted by Crippen LogP contribution is 2.65. The molecule has 0 aromatic carbocycles. The van der Waals surface area contributed by atoms with Crippen molar-refractivity contribution in [3.63, 3.8) is 0 Å². The molecule has 2 amide bonds. The smallest absolute Gasteiger partial charge is 0.230 e. The molecule has 2 aromatic heterocycles. The summed E-state index contributed by atoms with van der Waals surface area (Å²) in [7, 11) is 0. The molecule has 6 nitrogen and oxygen atoms in total. The van der Waals surface area contributed by atoms with Crippen molar-refractivity contribution in [3.05, 3.63) is 49.1 Å². The summed E-state index contributed by atoms with van der Waals surface area (Å²) in [5, 5.41) is 6.17. The largest absolute Gasteiger partial charge is 0.325 e. The van der Waals surface area contributed by atoms with Crippen molar-refractivity contribution in [1.82, 2.24) is 9.97 Å². The Morgan fingerprint density at radius 1 is 0.750 bits per heavy atom. The van der Waals surface area contributed by atoms with Crippen molar-refractivity contribution in [2.24, 2.45) is 22.7 Å². The quantitative estimate of drug-likeness (QED) is 0.853. The number of carbonyl (C=O) groups is 2. The Bertz CT molecular complexity index is 814. The van der Waals surface area contributed by atoms with E-state index in [1.807, 2.05) is 24.3 Å². The first kappa shape index (κ1) is 17.3. The van der Waals surface area contributed by atoms with Gasteiger partial charge in [-0.2, -0.15) is 0 Å². The summed E-state index contributed by atoms with van der Waals surface area (Å²) in [5.74, 6) is 1.03. The lowest BCUT2D eigenvalue weighted by Gasteiger charge is -2.60. The molecule has 0 spiro atoms. The predicted molar refractivity (Wildman–Crippen MR) is 105 cm³/mol. The zero-order chi connectivity index (χ0) is 19.2. The van der Waals surface area contributed by atoms with E-state index in [4.69, 9.17) is 0 Å². The van der Waals surface area contributed by atoms with Crippen LogP contribution in [0, 0.1) is 22.7 Å². The molecule has 4 aliphatic carbocycles. The second kappa shape index (κ2) is 6.40. The molecule has 2 aromatic rings. The van der Waals surface area contributed by atoms with Crippen molar-refractivity contribution in [1.29, 1.82) is 0 Å². The van der Waals surface area contributed by atoms with E-state index >= 15 is 0 Å². The van der Waals surface area contributed by atoms with Gasteiger partial charge in [0.25, 0.3) is 0 Å². The summed E-state index contributed by atoms with van der Waals surface area (Å²) in [5.41, 5.74) is 0.656. The normalized spacial score (nSPS) is 32.7. The van der Waals surface area contributed by atoms with E-state index in [1.165, 1.54) is 0 Å². The van der Waals surface area contributed by atoms with Crippen LogP contribution < -0.4 is 10.6 Å². The highest BCUT2D eigenvalue weighted by molar-refractivity contribution is 5.99. The number of amides is 2. The minimum atomic E-state index is -0.442. The van der Waals surface area contributed by atoms with Gasteiger partial charge in [-0.05, 0) is 74.6 Å². The van der Waals surface area contributed by atoms with Crippen LogP contribution in [0.4, 0.5) is 11.4 Å². The number of hydrogen-bond acceptors (Lipinski definition) is 4. The highest BCUT2D eigenvalue weighted by Gasteiger charge is 2.63. The highest BCUT2D eigenvalue weighted by atomic mass is 16.2. The summed E-state index contributed by atoms with van der Waals surface area (Å²) >= 11 is 0. The van der Waals surface area contributed by atoms with Crippen LogP contribution in [0.15, 0.2) is 49.1 Å². The SMILES string of the molecule is O=C(Nc1ccncc1)C12CC3CC(C1)CC(C(=O)Nc1ccncc1)(C3)C2. The molecule has 144 valence electrons. The first-order valence-corrected chi connectivity index (χ1v) is 10.00. The molecule has 4 aliphatic rings. The molecule has 28 heavy (non-hydrogen) atoms. The molecule has 6 heteroatoms. The minimum Gasteiger partial charge on any atom is -0.325 e. The maximum atomic E-state index is 13.3. The van der Waals surface area contributed by atoms with E-state index in [9.17, 15) is 9.59 Å².